The Morgan fingerprint density at radius 2 is 1.96 bits per heavy atom. The third-order valence-corrected chi connectivity index (χ3v) is 4.86. The van der Waals surface area contributed by atoms with Crippen LogP contribution in [0.4, 0.5) is 0 Å². The van der Waals surface area contributed by atoms with Gasteiger partial charge in [0, 0.05) is 16.3 Å². The van der Waals surface area contributed by atoms with Gasteiger partial charge in [-0.2, -0.15) is 0 Å². The molecule has 3 rings (SSSR count). The van der Waals surface area contributed by atoms with Crippen molar-refractivity contribution in [1.29, 1.82) is 0 Å². The van der Waals surface area contributed by atoms with Gasteiger partial charge in [-0.3, -0.25) is 0 Å². The van der Waals surface area contributed by atoms with Crippen molar-refractivity contribution in [3.8, 4) is 11.4 Å². The van der Waals surface area contributed by atoms with Gasteiger partial charge >= 0.3 is 0 Å². The monoisotopic (exact) mass is 364 g/mol. The molecule has 0 amide bonds. The third-order valence-electron chi connectivity index (χ3n) is 3.28. The fourth-order valence-corrected chi connectivity index (χ4v) is 3.35. The van der Waals surface area contributed by atoms with Crippen molar-refractivity contribution < 1.29 is 0 Å². The van der Waals surface area contributed by atoms with Gasteiger partial charge in [0.1, 0.15) is 0 Å². The maximum Gasteiger partial charge on any atom is 0.210 e. The van der Waals surface area contributed by atoms with Crippen molar-refractivity contribution >= 4 is 35.0 Å². The molecule has 0 bridgehead atoms. The number of rotatable bonds is 4. The van der Waals surface area contributed by atoms with E-state index >= 15 is 0 Å². The van der Waals surface area contributed by atoms with Crippen molar-refractivity contribution in [2.75, 3.05) is 5.84 Å². The van der Waals surface area contributed by atoms with Crippen LogP contribution >= 0.6 is 35.0 Å². The first-order valence-electron chi connectivity index (χ1n) is 6.89. The minimum Gasteiger partial charge on any atom is -0.335 e. The maximum atomic E-state index is 6.20. The van der Waals surface area contributed by atoms with Gasteiger partial charge in [-0.05, 0) is 30.7 Å². The zero-order valence-electron chi connectivity index (χ0n) is 12.3. The van der Waals surface area contributed by atoms with Gasteiger partial charge < -0.3 is 5.84 Å². The predicted molar refractivity (Wildman–Crippen MR) is 96.4 cm³/mol. The van der Waals surface area contributed by atoms with Crippen LogP contribution in [0.2, 0.25) is 10.0 Å². The molecule has 2 N–H and O–H groups in total. The summed E-state index contributed by atoms with van der Waals surface area (Å²) in [6.45, 7) is 2.07. The van der Waals surface area contributed by atoms with Gasteiger partial charge in [0.2, 0.25) is 5.16 Å². The van der Waals surface area contributed by atoms with E-state index in [-0.39, 0.29) is 0 Å². The summed E-state index contributed by atoms with van der Waals surface area (Å²) in [5, 5.41) is 10.0. The summed E-state index contributed by atoms with van der Waals surface area (Å²) in [4.78, 5) is 0. The zero-order chi connectivity index (χ0) is 16.4. The lowest BCUT2D eigenvalue weighted by Gasteiger charge is -2.06. The molecule has 7 heteroatoms. The largest absolute Gasteiger partial charge is 0.335 e. The van der Waals surface area contributed by atoms with Gasteiger partial charge in [-0.25, -0.2) is 4.68 Å². The highest BCUT2D eigenvalue weighted by Gasteiger charge is 2.15. The second-order valence-electron chi connectivity index (χ2n) is 5.08. The van der Waals surface area contributed by atoms with E-state index in [0.29, 0.717) is 26.6 Å². The maximum absolute atomic E-state index is 6.20. The molecule has 23 heavy (non-hydrogen) atoms. The minimum absolute atomic E-state index is 0.490. The highest BCUT2D eigenvalue weighted by molar-refractivity contribution is 7.98. The summed E-state index contributed by atoms with van der Waals surface area (Å²) in [6, 6.07) is 13.5. The molecule has 3 aromatic rings. The van der Waals surface area contributed by atoms with Gasteiger partial charge in [-0.1, -0.05) is 64.8 Å². The van der Waals surface area contributed by atoms with Gasteiger partial charge in [0.05, 0.1) is 5.02 Å². The minimum atomic E-state index is 0.490. The fourth-order valence-electron chi connectivity index (χ4n) is 2.18. The fraction of sp³-hybridized carbons (Fsp3) is 0.125. The van der Waals surface area contributed by atoms with Crippen LogP contribution in [0.3, 0.4) is 0 Å². The first-order chi connectivity index (χ1) is 11.0. The lowest BCUT2D eigenvalue weighted by Crippen LogP contribution is -2.11. The highest BCUT2D eigenvalue weighted by Crippen LogP contribution is 2.31. The normalized spacial score (nSPS) is 10.9. The van der Waals surface area contributed by atoms with Gasteiger partial charge in [0.15, 0.2) is 5.82 Å². The molecular weight excluding hydrogens is 351 g/mol. The number of benzene rings is 2. The number of nitrogens with two attached hydrogens (primary N) is 1. The number of halogens is 2. The average molecular weight is 365 g/mol. The smallest absolute Gasteiger partial charge is 0.210 e. The van der Waals surface area contributed by atoms with Crippen LogP contribution in [0.5, 0.6) is 0 Å². The molecule has 1 aromatic heterocycles. The summed E-state index contributed by atoms with van der Waals surface area (Å²) in [6.07, 6.45) is 0. The lowest BCUT2D eigenvalue weighted by molar-refractivity contribution is 0.849. The first-order valence-corrected chi connectivity index (χ1v) is 8.63. The molecule has 118 valence electrons. The highest BCUT2D eigenvalue weighted by atomic mass is 35.5. The Morgan fingerprint density at radius 1 is 1.13 bits per heavy atom. The van der Waals surface area contributed by atoms with Crippen molar-refractivity contribution in [3.05, 3.63) is 63.6 Å². The van der Waals surface area contributed by atoms with Crippen molar-refractivity contribution in [3.63, 3.8) is 0 Å². The Bertz CT molecular complexity index is 848. The van der Waals surface area contributed by atoms with E-state index in [1.165, 1.54) is 27.6 Å². The molecule has 1 heterocycles. The Balaban J connectivity index is 1.83. The van der Waals surface area contributed by atoms with E-state index in [0.717, 1.165) is 5.75 Å². The van der Waals surface area contributed by atoms with E-state index in [9.17, 15) is 0 Å². The van der Waals surface area contributed by atoms with Gasteiger partial charge in [0.25, 0.3) is 0 Å². The van der Waals surface area contributed by atoms with E-state index in [1.54, 1.807) is 18.2 Å². The SMILES string of the molecule is Cc1cccc(CSc2nnc(-c3cc(Cl)ccc3Cl)n2N)c1. The second-order valence-corrected chi connectivity index (χ2v) is 6.86. The Kier molecular flexibility index (Phi) is 4.80. The lowest BCUT2D eigenvalue weighted by atomic mass is 10.2. The summed E-state index contributed by atoms with van der Waals surface area (Å²) in [5.74, 6) is 7.37. The van der Waals surface area contributed by atoms with Crippen LogP contribution in [-0.2, 0) is 5.75 Å². The summed E-state index contributed by atoms with van der Waals surface area (Å²) in [7, 11) is 0. The molecule has 0 aliphatic rings. The quantitative estimate of drug-likeness (QED) is 0.544. The van der Waals surface area contributed by atoms with Crippen molar-refractivity contribution in [2.45, 2.75) is 17.8 Å². The summed E-state index contributed by atoms with van der Waals surface area (Å²) in [5.41, 5.74) is 3.10. The molecule has 0 unspecified atom stereocenters. The second kappa shape index (κ2) is 6.83. The number of aromatic nitrogens is 3. The molecule has 0 aliphatic carbocycles. The van der Waals surface area contributed by atoms with Gasteiger partial charge in [-0.15, -0.1) is 10.2 Å². The molecule has 0 atom stereocenters. The number of aryl methyl sites for hydroxylation is 1. The van der Waals surface area contributed by atoms with Crippen LogP contribution in [0.15, 0.2) is 47.6 Å². The number of hydrogen-bond donors (Lipinski definition) is 1. The molecular formula is C16H14Cl2N4S. The average Bonchev–Trinajstić information content (AvgIpc) is 2.89. The number of hydrogen-bond acceptors (Lipinski definition) is 4. The predicted octanol–water partition coefficient (Wildman–Crippen LogP) is 4.57. The van der Waals surface area contributed by atoms with Crippen LogP contribution in [0.25, 0.3) is 11.4 Å². The van der Waals surface area contributed by atoms with E-state index < -0.39 is 0 Å². The van der Waals surface area contributed by atoms with Crippen LogP contribution in [-0.4, -0.2) is 14.9 Å². The van der Waals surface area contributed by atoms with E-state index in [4.69, 9.17) is 29.0 Å². The van der Waals surface area contributed by atoms with Crippen LogP contribution < -0.4 is 5.84 Å². The molecule has 0 saturated heterocycles. The Morgan fingerprint density at radius 3 is 2.74 bits per heavy atom. The number of thioether (sulfide) groups is 1. The number of nitrogen functional groups attached to an aromatic ring is 1. The standard InChI is InChI=1S/C16H14Cl2N4S/c1-10-3-2-4-11(7-10)9-23-16-21-20-15(22(16)19)13-8-12(17)5-6-14(13)18/h2-8H,9,19H2,1H3. The summed E-state index contributed by atoms with van der Waals surface area (Å²) >= 11 is 13.7. The Hall–Kier alpha value is -1.69. The zero-order valence-corrected chi connectivity index (χ0v) is 14.7. The van der Waals surface area contributed by atoms with Crippen molar-refractivity contribution in [2.24, 2.45) is 0 Å². The number of nitrogens with zero attached hydrogens (tertiary/aromatic N) is 3. The molecule has 0 spiro atoms. The molecule has 0 saturated carbocycles. The van der Waals surface area contributed by atoms with Crippen LogP contribution in [0.1, 0.15) is 11.1 Å². The topological polar surface area (TPSA) is 56.7 Å². The molecule has 0 aliphatic heterocycles. The third kappa shape index (κ3) is 3.63. The molecule has 4 nitrogen and oxygen atoms in total. The Labute approximate surface area is 148 Å². The van der Waals surface area contributed by atoms with E-state index in [1.807, 2.05) is 6.07 Å². The molecule has 2 aromatic carbocycles. The molecule has 0 fully saturated rings. The molecule has 0 radical (unpaired) electrons. The summed E-state index contributed by atoms with van der Waals surface area (Å²) < 4.78 is 1.44. The van der Waals surface area contributed by atoms with Crippen LogP contribution in [0, 0.1) is 6.92 Å². The first kappa shape index (κ1) is 16.2. The van der Waals surface area contributed by atoms with Crippen molar-refractivity contribution in [1.82, 2.24) is 14.9 Å². The van der Waals surface area contributed by atoms with E-state index in [2.05, 4.69) is 35.3 Å².